The minimum atomic E-state index is -1.48. The Morgan fingerprint density at radius 3 is 2.72 bits per heavy atom. The monoisotopic (exact) mass is 356 g/mol. The molecule has 0 bridgehead atoms. The van der Waals surface area contributed by atoms with Gasteiger partial charge < -0.3 is 14.5 Å². The first-order chi connectivity index (χ1) is 11.9. The van der Waals surface area contributed by atoms with Gasteiger partial charge in [-0.1, -0.05) is 6.07 Å². The van der Waals surface area contributed by atoms with E-state index in [0.717, 1.165) is 34.5 Å². The van der Waals surface area contributed by atoms with E-state index in [2.05, 4.69) is 4.98 Å². The van der Waals surface area contributed by atoms with Gasteiger partial charge in [0.05, 0.1) is 17.4 Å². The van der Waals surface area contributed by atoms with Gasteiger partial charge in [0.2, 0.25) is 0 Å². The maximum absolute atomic E-state index is 12.2. The van der Waals surface area contributed by atoms with Crippen molar-refractivity contribution in [3.63, 3.8) is 0 Å². The van der Waals surface area contributed by atoms with E-state index < -0.39 is 23.7 Å². The summed E-state index contributed by atoms with van der Waals surface area (Å²) >= 11 is 0.721. The SMILES string of the molecule is Cc1cc(/C=C2/SC(=O)N(CC(=O)[O-])C2=O)c(C)n1-c1ccccn1. The molecule has 25 heavy (non-hydrogen) atoms. The molecule has 0 N–H and O–H groups in total. The second kappa shape index (κ2) is 6.56. The standard InChI is InChI=1S/C17H15N3O4S/c1-10-7-12(11(2)20(10)14-5-3-4-6-18-14)8-13-16(23)19(9-15(21)22)17(24)25-13/h3-8H,9H2,1-2H3,(H,21,22)/p-1/b13-8+. The van der Waals surface area contributed by atoms with Gasteiger partial charge in [0, 0.05) is 17.6 Å². The highest BCUT2D eigenvalue weighted by Gasteiger charge is 2.35. The van der Waals surface area contributed by atoms with Crippen LogP contribution in [0.5, 0.6) is 0 Å². The van der Waals surface area contributed by atoms with Crippen LogP contribution in [0, 0.1) is 13.8 Å². The van der Waals surface area contributed by atoms with E-state index in [1.54, 1.807) is 12.3 Å². The molecule has 1 aliphatic heterocycles. The van der Waals surface area contributed by atoms with E-state index in [1.807, 2.05) is 42.7 Å². The Kier molecular flexibility index (Phi) is 4.45. The fraction of sp³-hybridized carbons (Fsp3) is 0.176. The third-order valence-electron chi connectivity index (χ3n) is 3.80. The zero-order chi connectivity index (χ0) is 18.1. The molecule has 128 valence electrons. The highest BCUT2D eigenvalue weighted by molar-refractivity contribution is 8.18. The third-order valence-corrected chi connectivity index (χ3v) is 4.70. The molecule has 8 heteroatoms. The summed E-state index contributed by atoms with van der Waals surface area (Å²) in [7, 11) is 0. The lowest BCUT2D eigenvalue weighted by molar-refractivity contribution is -0.305. The molecule has 2 amide bonds. The van der Waals surface area contributed by atoms with Gasteiger partial charge in [0.15, 0.2) is 0 Å². The molecule has 7 nitrogen and oxygen atoms in total. The fourth-order valence-electron chi connectivity index (χ4n) is 2.68. The first-order valence-corrected chi connectivity index (χ1v) is 8.25. The summed E-state index contributed by atoms with van der Waals surface area (Å²) in [6, 6.07) is 7.46. The van der Waals surface area contributed by atoms with Gasteiger partial charge in [0.1, 0.15) is 5.82 Å². The zero-order valence-corrected chi connectivity index (χ0v) is 14.4. The number of carbonyl (C=O) groups is 3. The summed E-state index contributed by atoms with van der Waals surface area (Å²) < 4.78 is 1.94. The minimum Gasteiger partial charge on any atom is -0.548 e. The molecule has 0 aliphatic carbocycles. The summed E-state index contributed by atoms with van der Waals surface area (Å²) in [4.78, 5) is 39.9. The Labute approximate surface area is 148 Å². The number of pyridine rings is 1. The number of carboxylic acids is 1. The molecule has 0 atom stereocenters. The molecule has 3 rings (SSSR count). The maximum atomic E-state index is 12.2. The molecule has 3 heterocycles. The number of nitrogens with zero attached hydrogens (tertiary/aromatic N) is 3. The van der Waals surface area contributed by atoms with E-state index >= 15 is 0 Å². The summed E-state index contributed by atoms with van der Waals surface area (Å²) in [5.74, 6) is -1.35. The van der Waals surface area contributed by atoms with Crippen molar-refractivity contribution in [3.8, 4) is 5.82 Å². The molecule has 1 aliphatic rings. The third kappa shape index (κ3) is 3.20. The highest BCUT2D eigenvalue weighted by Crippen LogP contribution is 2.33. The molecule has 2 aromatic heterocycles. The van der Waals surface area contributed by atoms with E-state index in [0.29, 0.717) is 4.90 Å². The smallest absolute Gasteiger partial charge is 0.293 e. The van der Waals surface area contributed by atoms with Gasteiger partial charge in [0.25, 0.3) is 11.1 Å². The Morgan fingerprint density at radius 2 is 2.08 bits per heavy atom. The lowest BCUT2D eigenvalue weighted by Gasteiger charge is -2.12. The number of aromatic nitrogens is 2. The number of thioether (sulfide) groups is 1. The van der Waals surface area contributed by atoms with Crippen molar-refractivity contribution in [3.05, 3.63) is 52.3 Å². The average Bonchev–Trinajstić information content (AvgIpc) is 2.99. The Hall–Kier alpha value is -2.87. The molecule has 0 saturated carbocycles. The number of rotatable bonds is 4. The van der Waals surface area contributed by atoms with Crippen LogP contribution in [-0.2, 0) is 9.59 Å². The van der Waals surface area contributed by atoms with Crippen molar-refractivity contribution in [1.82, 2.24) is 14.5 Å². The van der Waals surface area contributed by atoms with Crippen molar-refractivity contribution < 1.29 is 19.5 Å². The number of carboxylic acid groups (broad SMARTS) is 1. The molecule has 0 unspecified atom stereocenters. The lowest BCUT2D eigenvalue weighted by atomic mass is 10.2. The summed E-state index contributed by atoms with van der Waals surface area (Å²) in [5, 5.41) is 10.1. The molecule has 1 fully saturated rings. The van der Waals surface area contributed by atoms with Crippen molar-refractivity contribution in [2.24, 2.45) is 0 Å². The second-order valence-corrected chi connectivity index (χ2v) is 6.48. The van der Waals surface area contributed by atoms with Crippen molar-refractivity contribution in [1.29, 1.82) is 0 Å². The predicted molar refractivity (Wildman–Crippen MR) is 90.7 cm³/mol. The Morgan fingerprint density at radius 1 is 1.32 bits per heavy atom. The Balaban J connectivity index is 1.97. The van der Waals surface area contributed by atoms with E-state index in [9.17, 15) is 19.5 Å². The van der Waals surface area contributed by atoms with Crippen LogP contribution in [0.3, 0.4) is 0 Å². The summed E-state index contributed by atoms with van der Waals surface area (Å²) in [5.41, 5.74) is 2.56. The number of aliphatic carboxylic acids is 1. The molecule has 2 aromatic rings. The van der Waals surface area contributed by atoms with Crippen LogP contribution < -0.4 is 5.11 Å². The fourth-order valence-corrected chi connectivity index (χ4v) is 3.51. The van der Waals surface area contributed by atoms with Crippen LogP contribution in [0.2, 0.25) is 0 Å². The molecular formula is C17H14N3O4S-. The predicted octanol–water partition coefficient (Wildman–Crippen LogP) is 1.28. The van der Waals surface area contributed by atoms with E-state index in [1.165, 1.54) is 0 Å². The molecular weight excluding hydrogens is 342 g/mol. The van der Waals surface area contributed by atoms with E-state index in [-0.39, 0.29) is 4.91 Å². The lowest BCUT2D eigenvalue weighted by Crippen LogP contribution is -2.40. The van der Waals surface area contributed by atoms with Crippen molar-refractivity contribution >= 4 is 35.0 Å². The van der Waals surface area contributed by atoms with E-state index in [4.69, 9.17) is 0 Å². The molecule has 0 radical (unpaired) electrons. The van der Waals surface area contributed by atoms with Crippen LogP contribution >= 0.6 is 11.8 Å². The van der Waals surface area contributed by atoms with Crippen LogP contribution in [0.4, 0.5) is 4.79 Å². The largest absolute Gasteiger partial charge is 0.548 e. The topological polar surface area (TPSA) is 95.3 Å². The van der Waals surface area contributed by atoms with Gasteiger partial charge in [-0.05, 0) is 55.4 Å². The van der Waals surface area contributed by atoms with Crippen LogP contribution in [0.15, 0.2) is 35.4 Å². The number of amides is 2. The summed E-state index contributed by atoms with van der Waals surface area (Å²) in [6.45, 7) is 3.06. The summed E-state index contributed by atoms with van der Waals surface area (Å²) in [6.07, 6.45) is 3.29. The van der Waals surface area contributed by atoms with Gasteiger partial charge in [-0.2, -0.15) is 0 Å². The minimum absolute atomic E-state index is 0.188. The number of aryl methyl sites for hydroxylation is 1. The Bertz CT molecular complexity index is 902. The maximum Gasteiger partial charge on any atom is 0.293 e. The van der Waals surface area contributed by atoms with Gasteiger partial charge >= 0.3 is 0 Å². The number of imide groups is 1. The van der Waals surface area contributed by atoms with Crippen molar-refractivity contribution in [2.45, 2.75) is 13.8 Å². The van der Waals surface area contributed by atoms with Crippen LogP contribution in [0.1, 0.15) is 17.0 Å². The van der Waals surface area contributed by atoms with Gasteiger partial charge in [-0.3, -0.25) is 14.5 Å². The quantitative estimate of drug-likeness (QED) is 0.766. The van der Waals surface area contributed by atoms with Crippen LogP contribution in [-0.4, -0.2) is 38.1 Å². The molecule has 0 spiro atoms. The first-order valence-electron chi connectivity index (χ1n) is 7.44. The van der Waals surface area contributed by atoms with Gasteiger partial charge in [-0.15, -0.1) is 0 Å². The molecule has 1 saturated heterocycles. The normalized spacial score (nSPS) is 16.1. The second-order valence-electron chi connectivity index (χ2n) is 5.49. The first kappa shape index (κ1) is 17.0. The average molecular weight is 356 g/mol. The van der Waals surface area contributed by atoms with Crippen molar-refractivity contribution in [2.75, 3.05) is 6.54 Å². The number of carbonyl (C=O) groups excluding carboxylic acids is 3. The van der Waals surface area contributed by atoms with Crippen LogP contribution in [0.25, 0.3) is 11.9 Å². The molecule has 0 aromatic carbocycles. The number of hydrogen-bond donors (Lipinski definition) is 0. The zero-order valence-electron chi connectivity index (χ0n) is 13.6. The van der Waals surface area contributed by atoms with Gasteiger partial charge in [-0.25, -0.2) is 4.98 Å². The highest BCUT2D eigenvalue weighted by atomic mass is 32.2. The number of hydrogen-bond acceptors (Lipinski definition) is 6.